The fourth-order valence-corrected chi connectivity index (χ4v) is 7.22. The second kappa shape index (κ2) is 15.4. The number of hydrogen-bond donors (Lipinski definition) is 3. The molecule has 0 radical (unpaired) electrons. The van der Waals surface area contributed by atoms with Crippen molar-refractivity contribution in [3.05, 3.63) is 51.3 Å². The van der Waals surface area contributed by atoms with Gasteiger partial charge in [-0.1, -0.05) is 46.6 Å². The molecule has 0 unspecified atom stereocenters. The summed E-state index contributed by atoms with van der Waals surface area (Å²) in [6.07, 6.45) is 4.46. The number of amides is 1. The molecule has 15 heteroatoms. The van der Waals surface area contributed by atoms with Crippen molar-refractivity contribution in [2.75, 3.05) is 11.4 Å². The van der Waals surface area contributed by atoms with Crippen LogP contribution in [0.15, 0.2) is 34.1 Å². The fourth-order valence-electron chi connectivity index (χ4n) is 7.22. The molecule has 0 saturated carbocycles. The van der Waals surface area contributed by atoms with Gasteiger partial charge in [0.25, 0.3) is 5.56 Å². The second-order valence-electron chi connectivity index (χ2n) is 13.8. The SMILES string of the molecule is CCCCCN1C=Nc2cccc3nc4c(c1c23)Cn1c-4cc2c(c1=O)COC(=O)[C@@]2(CC)OC(=O)CC[C@@H](NC(=O)[C@@H](N)CC(C)C)C(=O)O.Cl. The van der Waals surface area contributed by atoms with Gasteiger partial charge in [-0.2, -0.15) is 0 Å². The standard InChI is InChI=1S/C37H44N6O8.ClH/c1-5-7-8-14-42-19-39-25-10-9-11-26-30(25)32(42)21-17-43-28(31(21)40-26)16-23-22(34(43)46)18-50-36(49)37(23,6-2)51-29(44)13-12-27(35(47)48)41-33(45)24(38)15-20(3)4;/h9-11,16,19-20,24,27H,5-8,12-15,17-18,38H2,1-4H3,(H,41,45)(H,47,48);1H/t24-,27+,37-;/m0./s1. The number of rotatable bonds is 14. The van der Waals surface area contributed by atoms with E-state index in [9.17, 15) is 29.1 Å². The molecule has 1 aromatic carbocycles. The largest absolute Gasteiger partial charge is 0.480 e. The van der Waals surface area contributed by atoms with Crippen LogP contribution in [0.1, 0.15) is 89.3 Å². The first-order valence-electron chi connectivity index (χ1n) is 17.6. The number of carbonyl (C=O) groups is 4. The first-order chi connectivity index (χ1) is 24.4. The Kier molecular flexibility index (Phi) is 11.4. The van der Waals surface area contributed by atoms with Crippen molar-refractivity contribution in [3.63, 3.8) is 0 Å². The monoisotopic (exact) mass is 736 g/mol. The number of pyridine rings is 2. The molecule has 0 saturated heterocycles. The van der Waals surface area contributed by atoms with E-state index in [0.29, 0.717) is 17.8 Å². The number of ether oxygens (including phenoxy) is 2. The Morgan fingerprint density at radius 2 is 1.92 bits per heavy atom. The average molecular weight is 737 g/mol. The smallest absolute Gasteiger partial charge is 0.355 e. The minimum Gasteiger partial charge on any atom is -0.480 e. The van der Waals surface area contributed by atoms with Crippen LogP contribution < -0.4 is 21.5 Å². The number of nitrogens with two attached hydrogens (primary N) is 1. The molecule has 0 spiro atoms. The molecule has 278 valence electrons. The topological polar surface area (TPSA) is 196 Å². The van der Waals surface area contributed by atoms with E-state index in [2.05, 4.69) is 17.1 Å². The fraction of sp³-hybridized carbons (Fsp3) is 0.486. The lowest BCUT2D eigenvalue weighted by molar-refractivity contribution is -0.189. The maximum atomic E-state index is 14.2. The van der Waals surface area contributed by atoms with Crippen LogP contribution in [0.25, 0.3) is 22.3 Å². The van der Waals surface area contributed by atoms with Crippen molar-refractivity contribution < 1.29 is 33.8 Å². The van der Waals surface area contributed by atoms with Gasteiger partial charge in [-0.25, -0.2) is 19.6 Å². The number of aromatic nitrogens is 2. The third kappa shape index (κ3) is 6.88. The number of cyclic esters (lactones) is 1. The van der Waals surface area contributed by atoms with E-state index in [1.807, 2.05) is 38.4 Å². The number of esters is 2. The Bertz CT molecular complexity index is 2010. The highest BCUT2D eigenvalue weighted by molar-refractivity contribution is 6.11. The number of carboxylic acids is 1. The zero-order valence-electron chi connectivity index (χ0n) is 29.8. The van der Waals surface area contributed by atoms with E-state index >= 15 is 0 Å². The molecule has 5 heterocycles. The van der Waals surface area contributed by atoms with E-state index in [1.54, 1.807) is 17.6 Å². The van der Waals surface area contributed by atoms with Crippen LogP contribution >= 0.6 is 12.4 Å². The molecule has 6 rings (SSSR count). The van der Waals surface area contributed by atoms with E-state index in [-0.39, 0.29) is 61.0 Å². The van der Waals surface area contributed by atoms with Crippen molar-refractivity contribution in [2.24, 2.45) is 16.6 Å². The van der Waals surface area contributed by atoms with Crippen molar-refractivity contribution in [2.45, 2.75) is 103 Å². The van der Waals surface area contributed by atoms with Crippen LogP contribution in [0.5, 0.6) is 0 Å². The number of halogens is 1. The van der Waals surface area contributed by atoms with Crippen LogP contribution in [-0.4, -0.2) is 63.4 Å². The molecule has 4 N–H and O–H groups in total. The van der Waals surface area contributed by atoms with E-state index in [4.69, 9.17) is 25.2 Å². The highest BCUT2D eigenvalue weighted by Crippen LogP contribution is 2.47. The number of nitrogens with one attached hydrogen (secondary N) is 1. The molecule has 3 aliphatic heterocycles. The summed E-state index contributed by atoms with van der Waals surface area (Å²) in [6, 6.07) is 5.11. The van der Waals surface area contributed by atoms with Gasteiger partial charge in [0.2, 0.25) is 11.5 Å². The van der Waals surface area contributed by atoms with Crippen LogP contribution in [0.3, 0.4) is 0 Å². The van der Waals surface area contributed by atoms with Gasteiger partial charge in [-0.15, -0.1) is 12.4 Å². The third-order valence-electron chi connectivity index (χ3n) is 9.86. The number of anilines is 1. The number of unbranched alkanes of at least 4 members (excludes halogenated alkanes) is 2. The number of carboxylic acid groups (broad SMARTS) is 1. The molecule has 1 amide bonds. The van der Waals surface area contributed by atoms with Crippen molar-refractivity contribution in [1.82, 2.24) is 14.9 Å². The molecule has 3 aliphatic rings. The van der Waals surface area contributed by atoms with Gasteiger partial charge in [-0.05, 0) is 49.8 Å². The summed E-state index contributed by atoms with van der Waals surface area (Å²) in [5, 5.41) is 13.1. The highest BCUT2D eigenvalue weighted by Gasteiger charge is 2.50. The predicted octanol–water partition coefficient (Wildman–Crippen LogP) is 4.45. The Hall–Kier alpha value is -4.82. The van der Waals surface area contributed by atoms with Gasteiger partial charge >= 0.3 is 17.9 Å². The maximum absolute atomic E-state index is 14.2. The summed E-state index contributed by atoms with van der Waals surface area (Å²) >= 11 is 0. The van der Waals surface area contributed by atoms with Gasteiger partial charge in [0.1, 0.15) is 12.6 Å². The van der Waals surface area contributed by atoms with Crippen molar-refractivity contribution in [1.29, 1.82) is 0 Å². The zero-order chi connectivity index (χ0) is 36.6. The average Bonchev–Trinajstić information content (AvgIpc) is 3.47. The normalized spacial score (nSPS) is 17.8. The van der Waals surface area contributed by atoms with Gasteiger partial charge in [0.05, 0.1) is 58.2 Å². The summed E-state index contributed by atoms with van der Waals surface area (Å²) in [6.45, 7) is 8.26. The molecule has 2 aromatic heterocycles. The molecule has 0 aliphatic carbocycles. The van der Waals surface area contributed by atoms with Crippen molar-refractivity contribution in [3.8, 4) is 11.4 Å². The number of carbonyl (C=O) groups excluding carboxylic acids is 3. The highest BCUT2D eigenvalue weighted by atomic mass is 35.5. The number of aliphatic imine (C=N–C) groups is 1. The molecule has 3 aromatic rings. The predicted molar refractivity (Wildman–Crippen MR) is 197 cm³/mol. The Balaban J connectivity index is 0.00000523. The minimum atomic E-state index is -1.96. The van der Waals surface area contributed by atoms with E-state index in [1.165, 1.54) is 0 Å². The quantitative estimate of drug-likeness (QED) is 0.122. The lowest BCUT2D eigenvalue weighted by Gasteiger charge is -2.35. The molecule has 0 fully saturated rings. The number of hydrogen-bond acceptors (Lipinski definition) is 11. The molecular weight excluding hydrogens is 692 g/mol. The Labute approximate surface area is 307 Å². The zero-order valence-corrected chi connectivity index (χ0v) is 30.6. The summed E-state index contributed by atoms with van der Waals surface area (Å²) < 4.78 is 13.0. The molecule has 14 nitrogen and oxygen atoms in total. The Morgan fingerprint density at radius 1 is 1.15 bits per heavy atom. The lowest BCUT2D eigenvalue weighted by Crippen LogP contribution is -2.49. The number of fused-ring (bicyclic) bond motifs is 5. The first-order valence-corrected chi connectivity index (χ1v) is 17.6. The minimum absolute atomic E-state index is 0. The third-order valence-corrected chi connectivity index (χ3v) is 9.86. The maximum Gasteiger partial charge on any atom is 0.355 e. The van der Waals surface area contributed by atoms with Gasteiger partial charge in [0, 0.05) is 24.1 Å². The van der Waals surface area contributed by atoms with Crippen LogP contribution in [-0.2, 0) is 47.4 Å². The summed E-state index contributed by atoms with van der Waals surface area (Å²) in [4.78, 5) is 77.4. The number of benzene rings is 1. The number of aliphatic carboxylic acids is 1. The number of nitrogens with zero attached hydrogens (tertiary/aromatic N) is 4. The van der Waals surface area contributed by atoms with Crippen LogP contribution in [0.2, 0.25) is 0 Å². The molecule has 52 heavy (non-hydrogen) atoms. The van der Waals surface area contributed by atoms with Crippen molar-refractivity contribution >= 4 is 64.8 Å². The Morgan fingerprint density at radius 3 is 2.62 bits per heavy atom. The summed E-state index contributed by atoms with van der Waals surface area (Å²) in [5.41, 5.74) is 8.39. The molecular formula is C37H45ClN6O8. The summed E-state index contributed by atoms with van der Waals surface area (Å²) in [5.74, 6) is -3.59. The van der Waals surface area contributed by atoms with Gasteiger partial charge in [-0.3, -0.25) is 14.4 Å². The second-order valence-corrected chi connectivity index (χ2v) is 13.8. The first kappa shape index (κ1) is 38.4. The lowest BCUT2D eigenvalue weighted by atomic mass is 9.85. The van der Waals surface area contributed by atoms with Crippen LogP contribution in [0, 0.1) is 5.92 Å². The summed E-state index contributed by atoms with van der Waals surface area (Å²) in [7, 11) is 0. The van der Waals surface area contributed by atoms with E-state index in [0.717, 1.165) is 53.6 Å². The van der Waals surface area contributed by atoms with Crippen LogP contribution in [0.4, 0.5) is 11.4 Å². The van der Waals surface area contributed by atoms with Gasteiger partial charge in [0.15, 0.2) is 0 Å². The van der Waals surface area contributed by atoms with Gasteiger partial charge < -0.3 is 35.1 Å². The molecule has 3 atom stereocenters. The molecule has 0 bridgehead atoms. The van der Waals surface area contributed by atoms with E-state index < -0.39 is 47.9 Å².